The van der Waals surface area contributed by atoms with Crippen molar-refractivity contribution in [2.75, 3.05) is 19.7 Å². The average Bonchev–Trinajstić information content (AvgIpc) is 4.09. The normalized spacial score (nSPS) is 17.2. The molecule has 1 heterocycles. The van der Waals surface area contributed by atoms with Gasteiger partial charge in [0.2, 0.25) is 5.91 Å². The van der Waals surface area contributed by atoms with Crippen molar-refractivity contribution >= 4 is 35.1 Å². The number of aryl methyl sites for hydroxylation is 1. The zero-order chi connectivity index (χ0) is 37.4. The lowest BCUT2D eigenvalue weighted by Gasteiger charge is -2.30. The summed E-state index contributed by atoms with van der Waals surface area (Å²) in [5.74, 6) is -0.869. The summed E-state index contributed by atoms with van der Waals surface area (Å²) < 4.78 is 12.8. The van der Waals surface area contributed by atoms with E-state index in [0.717, 1.165) is 59.3 Å². The summed E-state index contributed by atoms with van der Waals surface area (Å²) >= 11 is 13.4. The second-order valence-corrected chi connectivity index (χ2v) is 14.4. The lowest BCUT2D eigenvalue weighted by Crippen LogP contribution is -2.50. The number of ether oxygens (including phenoxy) is 2. The summed E-state index contributed by atoms with van der Waals surface area (Å²) in [7, 11) is 0. The number of carbonyl (C=O) groups excluding carboxylic acids is 1. The number of pyridine rings is 1. The highest BCUT2D eigenvalue weighted by Crippen LogP contribution is 2.53. The molecule has 12 nitrogen and oxygen atoms in total. The zero-order valence-electron chi connectivity index (χ0n) is 28.7. The van der Waals surface area contributed by atoms with Gasteiger partial charge in [0.25, 0.3) is 0 Å². The van der Waals surface area contributed by atoms with Crippen LogP contribution in [0, 0.1) is 0 Å². The zero-order valence-corrected chi connectivity index (χ0v) is 30.3. The Kier molecular flexibility index (Phi) is 13.9. The van der Waals surface area contributed by atoms with Gasteiger partial charge >= 0.3 is 5.97 Å². The van der Waals surface area contributed by atoms with Crippen molar-refractivity contribution < 1.29 is 49.7 Å². The maximum atomic E-state index is 12.8. The fraction of sp³-hybridized carbons (Fsp3) is 0.500. The van der Waals surface area contributed by atoms with E-state index in [-0.39, 0.29) is 25.7 Å². The van der Waals surface area contributed by atoms with Gasteiger partial charge in [0.15, 0.2) is 0 Å². The van der Waals surface area contributed by atoms with Gasteiger partial charge in [0.05, 0.1) is 31.3 Å². The first-order chi connectivity index (χ1) is 24.9. The molecule has 4 atom stereocenters. The molecule has 2 saturated carbocycles. The fourth-order valence-corrected chi connectivity index (χ4v) is 6.63. The van der Waals surface area contributed by atoms with Crippen LogP contribution >= 0.6 is 23.2 Å². The first kappa shape index (κ1) is 39.9. The second-order valence-electron chi connectivity index (χ2n) is 13.5. The van der Waals surface area contributed by atoms with Crippen molar-refractivity contribution in [2.24, 2.45) is 0 Å². The predicted octanol–water partition coefficient (Wildman–Crippen LogP) is 4.25. The molecule has 1 amide bonds. The van der Waals surface area contributed by atoms with Crippen molar-refractivity contribution in [3.05, 3.63) is 81.6 Å². The van der Waals surface area contributed by atoms with E-state index < -0.39 is 61.5 Å². The van der Waals surface area contributed by atoms with E-state index in [2.05, 4.69) is 11.1 Å². The fourth-order valence-electron chi connectivity index (χ4n) is 6.11. The van der Waals surface area contributed by atoms with Crippen molar-refractivity contribution in [3.63, 3.8) is 0 Å². The van der Waals surface area contributed by atoms with Crippen LogP contribution in [0.25, 0.3) is 11.1 Å². The van der Waals surface area contributed by atoms with Crippen LogP contribution in [0.4, 0.5) is 0 Å². The largest absolute Gasteiger partial charge is 0.490 e. The van der Waals surface area contributed by atoms with Crippen molar-refractivity contribution in [1.82, 2.24) is 9.88 Å². The Morgan fingerprint density at radius 1 is 0.923 bits per heavy atom. The Morgan fingerprint density at radius 2 is 1.62 bits per heavy atom. The molecule has 0 bridgehead atoms. The van der Waals surface area contributed by atoms with Crippen LogP contribution in [0.1, 0.15) is 68.1 Å². The molecule has 6 N–H and O–H groups in total. The SMILES string of the molecule is O=C(O)CCC(=O)N(CCCCc1cc(Cl)c(COC2(c3cnccc3-c3ccccc3OC3CC3)CC2)cc1Cl)CC(O)C(O)C(O)C(O)CO. The molecule has 0 saturated heterocycles. The van der Waals surface area contributed by atoms with E-state index in [1.165, 1.54) is 4.90 Å². The predicted molar refractivity (Wildman–Crippen MR) is 193 cm³/mol. The maximum Gasteiger partial charge on any atom is 0.303 e. The van der Waals surface area contributed by atoms with Gasteiger partial charge < -0.3 is 45.0 Å². The number of unbranched alkanes of at least 4 members (excludes halogenated alkanes) is 1. The Balaban J connectivity index is 1.19. The number of amides is 1. The van der Waals surface area contributed by atoms with Crippen LogP contribution in [0.2, 0.25) is 10.0 Å². The number of aromatic nitrogens is 1. The van der Waals surface area contributed by atoms with Gasteiger partial charge in [-0.25, -0.2) is 0 Å². The summed E-state index contributed by atoms with van der Waals surface area (Å²) in [5.41, 5.74) is 4.04. The summed E-state index contributed by atoms with van der Waals surface area (Å²) in [6.45, 7) is -0.905. The Labute approximate surface area is 312 Å². The van der Waals surface area contributed by atoms with E-state index in [9.17, 15) is 30.0 Å². The Morgan fingerprint density at radius 3 is 2.31 bits per heavy atom. The molecule has 14 heteroatoms. The molecule has 282 valence electrons. The van der Waals surface area contributed by atoms with Crippen LogP contribution in [-0.4, -0.2) is 103 Å². The van der Waals surface area contributed by atoms with Gasteiger partial charge in [-0.15, -0.1) is 0 Å². The summed E-state index contributed by atoms with van der Waals surface area (Å²) in [4.78, 5) is 29.5. The third-order valence-corrected chi connectivity index (χ3v) is 10.2. The Bertz CT molecular complexity index is 1690. The average molecular weight is 762 g/mol. The number of halogens is 2. The van der Waals surface area contributed by atoms with Crippen LogP contribution < -0.4 is 4.74 Å². The number of nitrogens with zero attached hydrogens (tertiary/aromatic N) is 2. The molecule has 52 heavy (non-hydrogen) atoms. The number of carboxylic acids is 1. The molecule has 2 aromatic carbocycles. The number of benzene rings is 2. The van der Waals surface area contributed by atoms with E-state index in [1.54, 1.807) is 18.3 Å². The molecule has 2 aliphatic rings. The molecule has 4 unspecified atom stereocenters. The van der Waals surface area contributed by atoms with Gasteiger partial charge in [-0.05, 0) is 85.9 Å². The molecule has 1 aromatic heterocycles. The van der Waals surface area contributed by atoms with Crippen molar-refractivity contribution in [2.45, 2.75) is 101 Å². The molecular formula is C38H46Cl2N2O10. The number of hydrogen-bond donors (Lipinski definition) is 6. The van der Waals surface area contributed by atoms with Gasteiger partial charge in [0.1, 0.15) is 30.2 Å². The molecule has 2 aliphatic carbocycles. The van der Waals surface area contributed by atoms with E-state index in [4.69, 9.17) is 42.9 Å². The third-order valence-electron chi connectivity index (χ3n) is 9.49. The minimum atomic E-state index is -1.86. The highest BCUT2D eigenvalue weighted by atomic mass is 35.5. The number of rotatable bonds is 21. The molecule has 2 fully saturated rings. The highest BCUT2D eigenvalue weighted by molar-refractivity contribution is 6.34. The van der Waals surface area contributed by atoms with Crippen LogP contribution in [0.3, 0.4) is 0 Å². The summed E-state index contributed by atoms with van der Waals surface area (Å²) in [5, 5.41) is 59.3. The highest BCUT2D eigenvalue weighted by Gasteiger charge is 2.48. The number of aliphatic hydroxyl groups excluding tert-OH is 5. The first-order valence-corrected chi connectivity index (χ1v) is 18.3. The third kappa shape index (κ3) is 10.4. The van der Waals surface area contributed by atoms with E-state index in [0.29, 0.717) is 29.3 Å². The van der Waals surface area contributed by atoms with Crippen LogP contribution in [-0.2, 0) is 33.0 Å². The monoisotopic (exact) mass is 760 g/mol. The second kappa shape index (κ2) is 18.1. The first-order valence-electron chi connectivity index (χ1n) is 17.6. The topological polar surface area (TPSA) is 190 Å². The number of para-hydroxylation sites is 1. The molecule has 0 aliphatic heterocycles. The number of aliphatic carboxylic acids is 1. The van der Waals surface area contributed by atoms with Crippen LogP contribution in [0.5, 0.6) is 5.75 Å². The smallest absolute Gasteiger partial charge is 0.303 e. The summed E-state index contributed by atoms with van der Waals surface area (Å²) in [6.07, 6.45) is 1.38. The number of aliphatic hydroxyl groups is 5. The van der Waals surface area contributed by atoms with Gasteiger partial charge in [-0.1, -0.05) is 41.4 Å². The van der Waals surface area contributed by atoms with Gasteiger partial charge in [0, 0.05) is 53.1 Å². The summed E-state index contributed by atoms with van der Waals surface area (Å²) in [6, 6.07) is 13.6. The number of carboxylic acid groups (broad SMARTS) is 1. The van der Waals surface area contributed by atoms with Crippen LogP contribution in [0.15, 0.2) is 54.9 Å². The standard InChI is InChI=1S/C38H46Cl2N2O10/c39-29-18-24(22-51-38(13-14-38)28-19-41-15-12-26(28)27-6-1-2-7-33(27)52-25-8-9-25)30(40)17-23(29)5-3-4-16-42(34(46)10-11-35(47)48)20-31(44)36(49)37(50)32(45)21-43/h1-2,6-7,12,15,17-19,25,31-32,36-37,43-45,49-50H,3-5,8-11,13-14,16,20-22H2,(H,47,48). The van der Waals surface area contributed by atoms with E-state index in [1.807, 2.05) is 30.5 Å². The Hall–Kier alpha value is -3.33. The molecular weight excluding hydrogens is 715 g/mol. The van der Waals surface area contributed by atoms with Gasteiger partial charge in [-0.2, -0.15) is 0 Å². The molecule has 0 radical (unpaired) electrons. The van der Waals surface area contributed by atoms with Gasteiger partial charge in [-0.3, -0.25) is 14.6 Å². The molecule has 3 aromatic rings. The molecule has 0 spiro atoms. The minimum Gasteiger partial charge on any atom is -0.490 e. The van der Waals surface area contributed by atoms with Crippen molar-refractivity contribution in [3.8, 4) is 16.9 Å². The number of carbonyl (C=O) groups is 2. The quantitative estimate of drug-likeness (QED) is 0.0852. The number of hydrogen-bond acceptors (Lipinski definition) is 10. The minimum absolute atomic E-state index is 0.119. The lowest BCUT2D eigenvalue weighted by atomic mass is 9.96. The maximum absolute atomic E-state index is 12.8. The van der Waals surface area contributed by atoms with Crippen molar-refractivity contribution in [1.29, 1.82) is 0 Å². The lowest BCUT2D eigenvalue weighted by molar-refractivity contribution is -0.144. The molecule has 5 rings (SSSR count). The van der Waals surface area contributed by atoms with E-state index >= 15 is 0 Å².